The van der Waals surface area contributed by atoms with E-state index in [1.165, 1.54) is 6.20 Å². The number of pyridine rings is 1. The maximum Gasteiger partial charge on any atom is 0.234 e. The van der Waals surface area contributed by atoms with Gasteiger partial charge in [-0.05, 0) is 37.5 Å². The molecule has 1 aliphatic rings. The molecule has 6 nitrogen and oxygen atoms in total. The van der Waals surface area contributed by atoms with Crippen LogP contribution in [0.4, 0.5) is 4.39 Å². The van der Waals surface area contributed by atoms with Gasteiger partial charge in [0, 0.05) is 29.1 Å². The summed E-state index contributed by atoms with van der Waals surface area (Å²) in [6.45, 7) is 2.82. The number of aromatic nitrogens is 6. The second-order valence-electron chi connectivity index (χ2n) is 6.30. The fraction of sp³-hybridized carbons (Fsp3) is 0.294. The van der Waals surface area contributed by atoms with Crippen molar-refractivity contribution in [2.24, 2.45) is 0 Å². The number of fused-ring (bicyclic) bond motifs is 2. The third kappa shape index (κ3) is 2.22. The number of hydrogen-bond donors (Lipinski definition) is 0. The van der Waals surface area contributed by atoms with E-state index in [4.69, 9.17) is 16.6 Å². The maximum atomic E-state index is 13.8. The first-order valence-corrected chi connectivity index (χ1v) is 8.55. The fourth-order valence-electron chi connectivity index (χ4n) is 3.48. The van der Waals surface area contributed by atoms with Crippen LogP contribution in [0.1, 0.15) is 36.4 Å². The summed E-state index contributed by atoms with van der Waals surface area (Å²) in [6.07, 6.45) is 3.94. The summed E-state index contributed by atoms with van der Waals surface area (Å²) in [4.78, 5) is 8.95. The lowest BCUT2D eigenvalue weighted by molar-refractivity contribution is 0.548. The number of nitrogens with zero attached hydrogens (tertiary/aromatic N) is 6. The van der Waals surface area contributed by atoms with Crippen LogP contribution in [0.5, 0.6) is 0 Å². The quantitative estimate of drug-likeness (QED) is 0.563. The molecule has 0 unspecified atom stereocenters. The molecular weight excluding hydrogens is 343 g/mol. The van der Waals surface area contributed by atoms with Crippen LogP contribution in [-0.2, 0) is 6.54 Å². The Balaban J connectivity index is 1.55. The third-order valence-corrected chi connectivity index (χ3v) is 4.99. The Morgan fingerprint density at radius 1 is 1.24 bits per heavy atom. The molecular formula is C17H14ClFN6. The van der Waals surface area contributed by atoms with Crippen LogP contribution >= 0.6 is 11.6 Å². The van der Waals surface area contributed by atoms with E-state index in [0.29, 0.717) is 5.65 Å². The Bertz CT molecular complexity index is 1120. The first kappa shape index (κ1) is 14.8. The molecule has 4 aromatic rings. The van der Waals surface area contributed by atoms with Crippen molar-refractivity contribution in [2.45, 2.75) is 31.7 Å². The molecule has 1 aliphatic carbocycles. The van der Waals surface area contributed by atoms with Crippen LogP contribution in [-0.4, -0.2) is 29.4 Å². The standard InChI is InChI=1S/C17H14ClFN6/c1-2-24-16-9(7-21-24)3-4-13(22-16)11-5-10(11)12-6-14(18)23-25-15(19)8-20-17(12)25/h3-4,6-8,10-11H,2,5H2,1H3/t10-,11-/m0/s1. The van der Waals surface area contributed by atoms with Gasteiger partial charge in [0.1, 0.15) is 0 Å². The highest BCUT2D eigenvalue weighted by molar-refractivity contribution is 6.29. The summed E-state index contributed by atoms with van der Waals surface area (Å²) >= 11 is 6.07. The summed E-state index contributed by atoms with van der Waals surface area (Å²) in [5.41, 5.74) is 3.36. The normalized spacial score (nSPS) is 19.8. The SMILES string of the molecule is CCn1ncc2ccc([C@H]3C[C@@H]3c3cc(Cl)nn4c(F)cnc34)nc21. The zero-order chi connectivity index (χ0) is 17.1. The van der Waals surface area contributed by atoms with Crippen LogP contribution in [0.3, 0.4) is 0 Å². The third-order valence-electron chi connectivity index (χ3n) is 4.80. The molecule has 4 aromatic heterocycles. The predicted octanol–water partition coefficient (Wildman–Crippen LogP) is 3.56. The molecule has 4 heterocycles. The van der Waals surface area contributed by atoms with Gasteiger partial charge in [0.15, 0.2) is 16.4 Å². The Labute approximate surface area is 147 Å². The van der Waals surface area contributed by atoms with E-state index < -0.39 is 5.95 Å². The number of halogens is 2. The summed E-state index contributed by atoms with van der Waals surface area (Å²) in [6, 6.07) is 5.88. The predicted molar refractivity (Wildman–Crippen MR) is 91.3 cm³/mol. The number of aryl methyl sites for hydroxylation is 1. The van der Waals surface area contributed by atoms with Gasteiger partial charge in [0.05, 0.1) is 12.4 Å². The Morgan fingerprint density at radius 3 is 2.96 bits per heavy atom. The molecule has 1 saturated carbocycles. The molecule has 1 fully saturated rings. The molecule has 5 rings (SSSR count). The van der Waals surface area contributed by atoms with Crippen molar-refractivity contribution >= 4 is 28.3 Å². The lowest BCUT2D eigenvalue weighted by atomic mass is 10.1. The van der Waals surface area contributed by atoms with Crippen molar-refractivity contribution in [3.05, 3.63) is 53.0 Å². The Morgan fingerprint density at radius 2 is 2.12 bits per heavy atom. The number of imidazole rings is 1. The van der Waals surface area contributed by atoms with Gasteiger partial charge >= 0.3 is 0 Å². The smallest absolute Gasteiger partial charge is 0.234 e. The van der Waals surface area contributed by atoms with E-state index in [-0.39, 0.29) is 17.0 Å². The first-order valence-electron chi connectivity index (χ1n) is 8.18. The van der Waals surface area contributed by atoms with Crippen molar-refractivity contribution in [3.8, 4) is 0 Å². The van der Waals surface area contributed by atoms with Crippen molar-refractivity contribution in [1.82, 2.24) is 29.4 Å². The first-order chi connectivity index (χ1) is 12.2. The fourth-order valence-corrected chi connectivity index (χ4v) is 3.67. The van der Waals surface area contributed by atoms with E-state index in [0.717, 1.165) is 39.8 Å². The summed E-state index contributed by atoms with van der Waals surface area (Å²) in [5, 5.41) is 9.61. The van der Waals surface area contributed by atoms with Crippen LogP contribution in [0.15, 0.2) is 30.6 Å². The topological polar surface area (TPSA) is 60.9 Å². The Kier molecular flexibility index (Phi) is 3.09. The zero-order valence-corrected chi connectivity index (χ0v) is 14.2. The molecule has 0 aromatic carbocycles. The van der Waals surface area contributed by atoms with E-state index >= 15 is 0 Å². The molecule has 0 spiro atoms. The van der Waals surface area contributed by atoms with Gasteiger partial charge in [-0.1, -0.05) is 11.6 Å². The average Bonchev–Trinajstić information content (AvgIpc) is 3.18. The molecule has 0 radical (unpaired) electrons. The van der Waals surface area contributed by atoms with Gasteiger partial charge < -0.3 is 0 Å². The minimum Gasteiger partial charge on any atom is -0.248 e. The van der Waals surface area contributed by atoms with E-state index in [1.807, 2.05) is 23.9 Å². The molecule has 25 heavy (non-hydrogen) atoms. The molecule has 0 amide bonds. The summed E-state index contributed by atoms with van der Waals surface area (Å²) < 4.78 is 16.8. The van der Waals surface area contributed by atoms with Crippen LogP contribution in [0, 0.1) is 5.95 Å². The maximum absolute atomic E-state index is 13.8. The minimum atomic E-state index is -0.512. The van der Waals surface area contributed by atoms with Gasteiger partial charge in [0.2, 0.25) is 5.95 Å². The lowest BCUT2D eigenvalue weighted by Gasteiger charge is -2.05. The van der Waals surface area contributed by atoms with Crippen LogP contribution in [0.2, 0.25) is 5.15 Å². The summed E-state index contributed by atoms with van der Waals surface area (Å²) in [5.74, 6) is -0.0262. The van der Waals surface area contributed by atoms with Crippen LogP contribution in [0.25, 0.3) is 16.7 Å². The van der Waals surface area contributed by atoms with Crippen LogP contribution < -0.4 is 0 Å². The molecule has 2 atom stereocenters. The molecule has 0 saturated heterocycles. The molecule has 0 bridgehead atoms. The lowest BCUT2D eigenvalue weighted by Crippen LogP contribution is -2.00. The highest BCUT2D eigenvalue weighted by atomic mass is 35.5. The molecule has 0 N–H and O–H groups in total. The van der Waals surface area contributed by atoms with Gasteiger partial charge in [-0.3, -0.25) is 0 Å². The Hall–Kier alpha value is -2.54. The minimum absolute atomic E-state index is 0.216. The number of rotatable bonds is 3. The van der Waals surface area contributed by atoms with Gasteiger partial charge in [0.25, 0.3) is 0 Å². The molecule has 0 aliphatic heterocycles. The largest absolute Gasteiger partial charge is 0.248 e. The molecule has 8 heteroatoms. The van der Waals surface area contributed by atoms with Gasteiger partial charge in [-0.25, -0.2) is 14.6 Å². The highest BCUT2D eigenvalue weighted by Crippen LogP contribution is 2.55. The zero-order valence-electron chi connectivity index (χ0n) is 13.4. The highest BCUT2D eigenvalue weighted by Gasteiger charge is 2.42. The van der Waals surface area contributed by atoms with Crippen molar-refractivity contribution in [3.63, 3.8) is 0 Å². The van der Waals surface area contributed by atoms with E-state index in [1.54, 1.807) is 6.07 Å². The number of hydrogen-bond acceptors (Lipinski definition) is 4. The van der Waals surface area contributed by atoms with Gasteiger partial charge in [-0.15, -0.1) is 0 Å². The average molecular weight is 357 g/mol. The van der Waals surface area contributed by atoms with Crippen molar-refractivity contribution in [2.75, 3.05) is 0 Å². The van der Waals surface area contributed by atoms with E-state index in [9.17, 15) is 4.39 Å². The van der Waals surface area contributed by atoms with E-state index in [2.05, 4.69) is 21.2 Å². The monoisotopic (exact) mass is 356 g/mol. The second-order valence-corrected chi connectivity index (χ2v) is 6.68. The summed E-state index contributed by atoms with van der Waals surface area (Å²) in [7, 11) is 0. The second kappa shape index (κ2) is 5.23. The van der Waals surface area contributed by atoms with Gasteiger partial charge in [-0.2, -0.15) is 19.1 Å². The van der Waals surface area contributed by atoms with Crippen molar-refractivity contribution in [1.29, 1.82) is 0 Å². The molecule has 126 valence electrons. The van der Waals surface area contributed by atoms with Crippen molar-refractivity contribution < 1.29 is 4.39 Å².